The van der Waals surface area contributed by atoms with Crippen molar-refractivity contribution in [1.29, 1.82) is 0 Å². The zero-order valence-corrected chi connectivity index (χ0v) is 13.7. The summed E-state index contributed by atoms with van der Waals surface area (Å²) >= 11 is 0. The Morgan fingerprint density at radius 3 is 2.50 bits per heavy atom. The molecule has 7 heteroatoms. The predicted molar refractivity (Wildman–Crippen MR) is 85.9 cm³/mol. The largest absolute Gasteiger partial charge is 0.480 e. The van der Waals surface area contributed by atoms with Crippen molar-refractivity contribution in [2.45, 2.75) is 45.7 Å². The standard InChI is InChI=1S/C15H21FN2O3.ClH/c1-4-5-13(15(20)21)17-10(3)14(19)18-12-7-6-9(2)8-11(12)16;/h6-8,10,13,17H,4-5H2,1-3H3,(H,18,19)(H,20,21);1H. The van der Waals surface area contributed by atoms with E-state index in [1.165, 1.54) is 12.1 Å². The van der Waals surface area contributed by atoms with Crippen LogP contribution in [0.4, 0.5) is 10.1 Å². The third-order valence-electron chi connectivity index (χ3n) is 3.10. The lowest BCUT2D eigenvalue weighted by atomic mass is 10.1. The molecule has 0 saturated heterocycles. The van der Waals surface area contributed by atoms with E-state index in [9.17, 15) is 14.0 Å². The molecule has 1 amide bonds. The summed E-state index contributed by atoms with van der Waals surface area (Å²) in [7, 11) is 0. The minimum absolute atomic E-state index is 0. The van der Waals surface area contributed by atoms with Gasteiger partial charge in [0, 0.05) is 0 Å². The van der Waals surface area contributed by atoms with E-state index in [2.05, 4.69) is 10.6 Å². The molecule has 1 rings (SSSR count). The van der Waals surface area contributed by atoms with Gasteiger partial charge in [0.25, 0.3) is 0 Å². The molecule has 0 aliphatic rings. The molecule has 0 radical (unpaired) electrons. The zero-order chi connectivity index (χ0) is 16.0. The lowest BCUT2D eigenvalue weighted by Gasteiger charge is -2.19. The number of carbonyl (C=O) groups excluding carboxylic acids is 1. The average Bonchev–Trinajstić information content (AvgIpc) is 2.41. The normalized spacial score (nSPS) is 12.9. The number of carboxylic acid groups (broad SMARTS) is 1. The number of carboxylic acids is 1. The van der Waals surface area contributed by atoms with E-state index in [1.807, 2.05) is 6.92 Å². The van der Waals surface area contributed by atoms with Gasteiger partial charge in [0.1, 0.15) is 11.9 Å². The molecule has 0 aliphatic carbocycles. The fourth-order valence-electron chi connectivity index (χ4n) is 1.91. The van der Waals surface area contributed by atoms with E-state index in [-0.39, 0.29) is 18.1 Å². The summed E-state index contributed by atoms with van der Waals surface area (Å²) in [5.41, 5.74) is 0.840. The number of amides is 1. The second-order valence-corrected chi connectivity index (χ2v) is 5.04. The van der Waals surface area contributed by atoms with Crippen LogP contribution in [0.2, 0.25) is 0 Å². The third kappa shape index (κ3) is 5.99. The van der Waals surface area contributed by atoms with Gasteiger partial charge in [-0.05, 0) is 38.0 Å². The highest BCUT2D eigenvalue weighted by molar-refractivity contribution is 5.95. The number of halogens is 2. The van der Waals surface area contributed by atoms with Gasteiger partial charge >= 0.3 is 5.97 Å². The highest BCUT2D eigenvalue weighted by Gasteiger charge is 2.22. The molecule has 2 atom stereocenters. The monoisotopic (exact) mass is 332 g/mol. The number of hydrogen-bond acceptors (Lipinski definition) is 3. The molecule has 0 heterocycles. The van der Waals surface area contributed by atoms with Gasteiger partial charge in [0.05, 0.1) is 11.7 Å². The van der Waals surface area contributed by atoms with Crippen LogP contribution in [0.15, 0.2) is 18.2 Å². The average molecular weight is 333 g/mol. The maximum absolute atomic E-state index is 13.7. The van der Waals surface area contributed by atoms with Crippen LogP contribution in [0.3, 0.4) is 0 Å². The van der Waals surface area contributed by atoms with Crippen LogP contribution in [-0.2, 0) is 9.59 Å². The lowest BCUT2D eigenvalue weighted by Crippen LogP contribution is -2.47. The van der Waals surface area contributed by atoms with Crippen LogP contribution in [0.5, 0.6) is 0 Å². The molecular weight excluding hydrogens is 311 g/mol. The molecule has 5 nitrogen and oxygen atoms in total. The van der Waals surface area contributed by atoms with Gasteiger partial charge in [0.15, 0.2) is 0 Å². The van der Waals surface area contributed by atoms with Gasteiger partial charge in [-0.15, -0.1) is 12.4 Å². The number of aliphatic carboxylic acids is 1. The molecule has 0 bridgehead atoms. The zero-order valence-electron chi connectivity index (χ0n) is 12.9. The summed E-state index contributed by atoms with van der Waals surface area (Å²) in [5.74, 6) is -1.99. The van der Waals surface area contributed by atoms with Crippen molar-refractivity contribution >= 4 is 30.0 Å². The fraction of sp³-hybridized carbons (Fsp3) is 0.467. The summed E-state index contributed by atoms with van der Waals surface area (Å²) in [5, 5.41) is 14.2. The summed E-state index contributed by atoms with van der Waals surface area (Å²) in [6, 6.07) is 2.96. The second kappa shape index (κ2) is 9.38. The van der Waals surface area contributed by atoms with E-state index in [0.717, 1.165) is 5.56 Å². The van der Waals surface area contributed by atoms with Gasteiger partial charge in [-0.3, -0.25) is 14.9 Å². The highest BCUT2D eigenvalue weighted by atomic mass is 35.5. The minimum atomic E-state index is -1.00. The van der Waals surface area contributed by atoms with Crippen molar-refractivity contribution in [2.75, 3.05) is 5.32 Å². The van der Waals surface area contributed by atoms with E-state index in [4.69, 9.17) is 5.11 Å². The first-order valence-corrected chi connectivity index (χ1v) is 6.91. The number of nitrogens with one attached hydrogen (secondary N) is 2. The van der Waals surface area contributed by atoms with Crippen LogP contribution >= 0.6 is 12.4 Å². The molecule has 0 aromatic heterocycles. The van der Waals surface area contributed by atoms with Crippen LogP contribution in [0, 0.1) is 12.7 Å². The molecular formula is C15H22ClFN2O3. The molecule has 0 aliphatic heterocycles. The Balaban J connectivity index is 0.00000441. The van der Waals surface area contributed by atoms with Crippen molar-refractivity contribution < 1.29 is 19.1 Å². The number of hydrogen-bond donors (Lipinski definition) is 3. The molecule has 0 fully saturated rings. The Morgan fingerprint density at radius 2 is 2.00 bits per heavy atom. The first kappa shape index (κ1) is 20.3. The Hall–Kier alpha value is -1.66. The van der Waals surface area contributed by atoms with Gasteiger partial charge in [0.2, 0.25) is 5.91 Å². The molecule has 2 unspecified atom stereocenters. The van der Waals surface area contributed by atoms with Crippen LogP contribution in [0.25, 0.3) is 0 Å². The number of carbonyl (C=O) groups is 2. The van der Waals surface area contributed by atoms with Crippen molar-refractivity contribution in [3.63, 3.8) is 0 Å². The summed E-state index contributed by atoms with van der Waals surface area (Å²) in [6.07, 6.45) is 1.11. The minimum Gasteiger partial charge on any atom is -0.480 e. The maximum atomic E-state index is 13.7. The maximum Gasteiger partial charge on any atom is 0.320 e. The van der Waals surface area contributed by atoms with Crippen LogP contribution in [0.1, 0.15) is 32.3 Å². The fourth-order valence-corrected chi connectivity index (χ4v) is 1.91. The summed E-state index contributed by atoms with van der Waals surface area (Å²) < 4.78 is 13.7. The van der Waals surface area contributed by atoms with E-state index < -0.39 is 29.8 Å². The van der Waals surface area contributed by atoms with Gasteiger partial charge < -0.3 is 10.4 Å². The van der Waals surface area contributed by atoms with E-state index >= 15 is 0 Å². The molecule has 124 valence electrons. The van der Waals surface area contributed by atoms with Crippen molar-refractivity contribution in [3.05, 3.63) is 29.6 Å². The van der Waals surface area contributed by atoms with E-state index in [1.54, 1.807) is 19.9 Å². The van der Waals surface area contributed by atoms with Crippen LogP contribution < -0.4 is 10.6 Å². The Kier molecular flexibility index (Phi) is 8.67. The highest BCUT2D eigenvalue weighted by Crippen LogP contribution is 2.15. The number of anilines is 1. The lowest BCUT2D eigenvalue weighted by molar-refractivity contribution is -0.140. The second-order valence-electron chi connectivity index (χ2n) is 5.04. The van der Waals surface area contributed by atoms with E-state index in [0.29, 0.717) is 12.8 Å². The molecule has 1 aromatic carbocycles. The topological polar surface area (TPSA) is 78.4 Å². The Labute approximate surface area is 135 Å². The number of benzene rings is 1. The SMILES string of the molecule is CCCC(NC(C)C(=O)Nc1ccc(C)cc1F)C(=O)O.Cl. The molecule has 22 heavy (non-hydrogen) atoms. The summed E-state index contributed by atoms with van der Waals surface area (Å²) in [4.78, 5) is 23.0. The molecule has 3 N–H and O–H groups in total. The predicted octanol–water partition coefficient (Wildman–Crippen LogP) is 2.73. The first-order chi connectivity index (χ1) is 9.85. The molecule has 1 aromatic rings. The van der Waals surface area contributed by atoms with Gasteiger partial charge in [-0.1, -0.05) is 19.4 Å². The first-order valence-electron chi connectivity index (χ1n) is 6.91. The van der Waals surface area contributed by atoms with Crippen molar-refractivity contribution in [2.24, 2.45) is 0 Å². The van der Waals surface area contributed by atoms with Crippen molar-refractivity contribution in [3.8, 4) is 0 Å². The van der Waals surface area contributed by atoms with Crippen LogP contribution in [-0.4, -0.2) is 29.1 Å². The molecule has 0 saturated carbocycles. The number of aryl methyl sites for hydroxylation is 1. The summed E-state index contributed by atoms with van der Waals surface area (Å²) in [6.45, 7) is 5.16. The van der Waals surface area contributed by atoms with Gasteiger partial charge in [-0.2, -0.15) is 0 Å². The Morgan fingerprint density at radius 1 is 1.36 bits per heavy atom. The third-order valence-corrected chi connectivity index (χ3v) is 3.10. The molecule has 0 spiro atoms. The quantitative estimate of drug-likeness (QED) is 0.717. The van der Waals surface area contributed by atoms with Gasteiger partial charge in [-0.25, -0.2) is 4.39 Å². The smallest absolute Gasteiger partial charge is 0.320 e. The number of rotatable bonds is 7. The Bertz CT molecular complexity index is 526. The van der Waals surface area contributed by atoms with Crippen molar-refractivity contribution in [1.82, 2.24) is 5.32 Å².